The van der Waals surface area contributed by atoms with Gasteiger partial charge in [-0.1, -0.05) is 6.07 Å². The van der Waals surface area contributed by atoms with Gasteiger partial charge in [0.05, 0.1) is 6.54 Å². The molecule has 1 saturated heterocycles. The summed E-state index contributed by atoms with van der Waals surface area (Å²) in [4.78, 5) is 15.2. The number of piperidine rings is 1. The molecule has 0 amide bonds. The third-order valence-corrected chi connectivity index (χ3v) is 6.40. The van der Waals surface area contributed by atoms with E-state index in [2.05, 4.69) is 41.5 Å². The van der Waals surface area contributed by atoms with Gasteiger partial charge in [-0.15, -0.1) is 0 Å². The molecule has 1 aromatic heterocycles. The van der Waals surface area contributed by atoms with Crippen LogP contribution in [0, 0.1) is 19.8 Å². The first-order valence-electron chi connectivity index (χ1n) is 10.2. The zero-order chi connectivity index (χ0) is 19.0. The van der Waals surface area contributed by atoms with E-state index in [1.54, 1.807) is 0 Å². The summed E-state index contributed by atoms with van der Waals surface area (Å²) in [7, 11) is 0. The fourth-order valence-electron chi connectivity index (χ4n) is 4.76. The van der Waals surface area contributed by atoms with Crippen LogP contribution in [0.15, 0.2) is 24.3 Å². The number of carbonyl (C=O) groups is 1. The maximum absolute atomic E-state index is 13.0. The minimum atomic E-state index is 0.206. The van der Waals surface area contributed by atoms with E-state index in [4.69, 9.17) is 0 Å². The average Bonchev–Trinajstić information content (AvgIpc) is 3.25. The number of Topliss-reactive ketones (excluding diaryl/α,β-unsaturated/α-hetero) is 1. The molecule has 4 heteroatoms. The van der Waals surface area contributed by atoms with E-state index >= 15 is 0 Å². The number of carbonyl (C=O) groups excluding carboxylic acids is 1. The van der Waals surface area contributed by atoms with Crippen molar-refractivity contribution in [3.63, 3.8) is 0 Å². The molecular formula is C23H30N2O2. The molecule has 1 fully saturated rings. The normalized spacial score (nSPS) is 18.0. The number of aryl methyl sites for hydroxylation is 3. The highest BCUT2D eigenvalue weighted by molar-refractivity contribution is 5.99. The van der Waals surface area contributed by atoms with Crippen LogP contribution in [0.5, 0.6) is 0 Å². The second-order valence-corrected chi connectivity index (χ2v) is 8.25. The molecule has 0 saturated carbocycles. The first-order chi connectivity index (χ1) is 13.1. The topological polar surface area (TPSA) is 45.5 Å². The molecule has 0 spiro atoms. The second kappa shape index (κ2) is 7.61. The van der Waals surface area contributed by atoms with Gasteiger partial charge in [0.2, 0.25) is 0 Å². The van der Waals surface area contributed by atoms with Gasteiger partial charge in [0.25, 0.3) is 0 Å². The van der Waals surface area contributed by atoms with Crippen molar-refractivity contribution in [1.82, 2.24) is 9.47 Å². The summed E-state index contributed by atoms with van der Waals surface area (Å²) in [6.45, 7) is 6.70. The van der Waals surface area contributed by atoms with Crippen LogP contribution in [-0.2, 0) is 12.8 Å². The second-order valence-electron chi connectivity index (χ2n) is 8.25. The van der Waals surface area contributed by atoms with Gasteiger partial charge in [-0.05, 0) is 94.3 Å². The van der Waals surface area contributed by atoms with Crippen LogP contribution in [-0.4, -0.2) is 46.6 Å². The van der Waals surface area contributed by atoms with Gasteiger partial charge in [-0.3, -0.25) is 9.69 Å². The summed E-state index contributed by atoms with van der Waals surface area (Å²) in [6.07, 6.45) is 5.57. The zero-order valence-corrected chi connectivity index (χ0v) is 16.5. The van der Waals surface area contributed by atoms with Crippen molar-refractivity contribution < 1.29 is 9.90 Å². The summed E-state index contributed by atoms with van der Waals surface area (Å²) in [5, 5.41) is 9.29. The third kappa shape index (κ3) is 3.61. The number of fused-ring (bicyclic) bond motifs is 1. The number of rotatable bonds is 5. The zero-order valence-electron chi connectivity index (χ0n) is 16.5. The summed E-state index contributed by atoms with van der Waals surface area (Å²) < 4.78 is 2.23. The number of hydrogen-bond donors (Lipinski definition) is 1. The van der Waals surface area contributed by atoms with Gasteiger partial charge in [-0.2, -0.15) is 0 Å². The van der Waals surface area contributed by atoms with Crippen LogP contribution >= 0.6 is 0 Å². The van der Waals surface area contributed by atoms with E-state index in [0.29, 0.717) is 12.5 Å². The van der Waals surface area contributed by atoms with E-state index in [9.17, 15) is 9.90 Å². The maximum Gasteiger partial charge on any atom is 0.178 e. The number of aliphatic hydroxyl groups excluding tert-OH is 1. The Labute approximate surface area is 161 Å². The molecule has 1 aliphatic heterocycles. The molecule has 27 heavy (non-hydrogen) atoms. The Morgan fingerprint density at radius 3 is 2.59 bits per heavy atom. The monoisotopic (exact) mass is 366 g/mol. The largest absolute Gasteiger partial charge is 0.396 e. The van der Waals surface area contributed by atoms with Crippen molar-refractivity contribution in [1.29, 1.82) is 0 Å². The van der Waals surface area contributed by atoms with Gasteiger partial charge in [-0.25, -0.2) is 0 Å². The van der Waals surface area contributed by atoms with Crippen LogP contribution in [0.4, 0.5) is 0 Å². The first kappa shape index (κ1) is 18.5. The highest BCUT2D eigenvalue weighted by Crippen LogP contribution is 2.28. The fraction of sp³-hybridized carbons (Fsp3) is 0.522. The molecule has 1 aliphatic carbocycles. The summed E-state index contributed by atoms with van der Waals surface area (Å²) in [5.74, 6) is 0.610. The molecule has 4 rings (SSSR count). The van der Waals surface area contributed by atoms with E-state index in [1.807, 2.05) is 6.07 Å². The van der Waals surface area contributed by atoms with Gasteiger partial charge in [0.15, 0.2) is 5.78 Å². The van der Waals surface area contributed by atoms with Gasteiger partial charge >= 0.3 is 0 Å². The highest BCUT2D eigenvalue weighted by atomic mass is 16.3. The summed E-state index contributed by atoms with van der Waals surface area (Å²) in [5.41, 5.74) is 7.11. The molecule has 2 aromatic rings. The lowest BCUT2D eigenvalue weighted by Crippen LogP contribution is -2.38. The van der Waals surface area contributed by atoms with Crippen molar-refractivity contribution in [2.45, 2.75) is 46.0 Å². The summed E-state index contributed by atoms with van der Waals surface area (Å²) in [6, 6.07) is 8.79. The number of nitrogens with zero attached hydrogens (tertiary/aromatic N) is 2. The Hall–Kier alpha value is -1.91. The number of ketones is 1. The van der Waals surface area contributed by atoms with Gasteiger partial charge in [0, 0.05) is 29.2 Å². The lowest BCUT2D eigenvalue weighted by Gasteiger charge is -2.30. The Morgan fingerprint density at radius 1 is 1.11 bits per heavy atom. The summed E-state index contributed by atoms with van der Waals surface area (Å²) >= 11 is 0. The number of hydrogen-bond acceptors (Lipinski definition) is 3. The van der Waals surface area contributed by atoms with Gasteiger partial charge < -0.3 is 9.67 Å². The molecule has 2 heterocycles. The molecule has 4 nitrogen and oxygen atoms in total. The van der Waals surface area contributed by atoms with Crippen molar-refractivity contribution in [2.75, 3.05) is 26.2 Å². The first-order valence-corrected chi connectivity index (χ1v) is 10.2. The van der Waals surface area contributed by atoms with Crippen LogP contribution in [0.1, 0.15) is 52.1 Å². The molecular weight excluding hydrogens is 336 g/mol. The molecule has 144 valence electrons. The van der Waals surface area contributed by atoms with Crippen molar-refractivity contribution in [3.05, 3.63) is 52.3 Å². The molecule has 1 N–H and O–H groups in total. The van der Waals surface area contributed by atoms with E-state index in [0.717, 1.165) is 49.3 Å². The lowest BCUT2D eigenvalue weighted by atomic mass is 9.97. The lowest BCUT2D eigenvalue weighted by molar-refractivity contribution is 0.0863. The molecule has 0 unspecified atom stereocenters. The van der Waals surface area contributed by atoms with Gasteiger partial charge in [0.1, 0.15) is 0 Å². The molecule has 0 atom stereocenters. The minimum Gasteiger partial charge on any atom is -0.396 e. The number of likely N-dealkylation sites (tertiary alicyclic amines) is 1. The van der Waals surface area contributed by atoms with Crippen LogP contribution in [0.2, 0.25) is 0 Å². The van der Waals surface area contributed by atoms with Crippen molar-refractivity contribution in [3.8, 4) is 5.69 Å². The molecule has 1 aromatic carbocycles. The molecule has 0 bridgehead atoms. The van der Waals surface area contributed by atoms with E-state index in [-0.39, 0.29) is 12.4 Å². The standard InChI is InChI=1S/C23H30N2O2/c1-16-12-22(23(27)14-24-10-8-18(15-26)9-11-24)17(2)25(16)21-7-6-19-4-3-5-20(19)13-21/h6-7,12-13,18,26H,3-5,8-11,14-15H2,1-2H3. The van der Waals surface area contributed by atoms with Crippen molar-refractivity contribution >= 4 is 5.78 Å². The number of aromatic nitrogens is 1. The van der Waals surface area contributed by atoms with Crippen LogP contribution < -0.4 is 0 Å². The minimum absolute atomic E-state index is 0.206. The fourth-order valence-corrected chi connectivity index (χ4v) is 4.76. The number of aliphatic hydroxyl groups is 1. The van der Waals surface area contributed by atoms with Crippen LogP contribution in [0.3, 0.4) is 0 Å². The maximum atomic E-state index is 13.0. The van der Waals surface area contributed by atoms with Crippen molar-refractivity contribution in [2.24, 2.45) is 5.92 Å². The Bertz CT molecular complexity index is 844. The smallest absolute Gasteiger partial charge is 0.178 e. The van der Waals surface area contributed by atoms with E-state index in [1.165, 1.54) is 29.7 Å². The van der Waals surface area contributed by atoms with Crippen LogP contribution in [0.25, 0.3) is 5.69 Å². The quantitative estimate of drug-likeness (QED) is 0.824. The van der Waals surface area contributed by atoms with E-state index < -0.39 is 0 Å². The Kier molecular flexibility index (Phi) is 5.20. The predicted molar refractivity (Wildman–Crippen MR) is 108 cm³/mol. The third-order valence-electron chi connectivity index (χ3n) is 6.40. The SMILES string of the molecule is Cc1cc(C(=O)CN2CCC(CO)CC2)c(C)n1-c1ccc2c(c1)CCC2. The molecule has 0 radical (unpaired) electrons. The Balaban J connectivity index is 1.53. The number of benzene rings is 1. The Morgan fingerprint density at radius 2 is 1.85 bits per heavy atom. The average molecular weight is 367 g/mol. The molecule has 2 aliphatic rings. The predicted octanol–water partition coefficient (Wildman–Crippen LogP) is 3.47. The highest BCUT2D eigenvalue weighted by Gasteiger charge is 2.23.